The lowest BCUT2D eigenvalue weighted by atomic mass is 9.67. The average Bonchev–Trinajstić information content (AvgIpc) is 2.76. The molecule has 0 amide bonds. The van der Waals surface area contributed by atoms with Crippen LogP contribution in [0.2, 0.25) is 0 Å². The number of Topliss-reactive ketones (excluding diaryl/α,β-unsaturated/α-hetero) is 1. The first kappa shape index (κ1) is 15.5. The number of ketones is 1. The number of carbonyl (C=O) groups excluding carboxylic acids is 1. The largest absolute Gasteiger partial charge is 0.299 e. The first-order valence-corrected chi connectivity index (χ1v) is 8.28. The summed E-state index contributed by atoms with van der Waals surface area (Å²) in [5, 5.41) is 0. The van der Waals surface area contributed by atoms with Crippen LogP contribution in [0.4, 0.5) is 0 Å². The molecule has 0 aromatic rings. The summed E-state index contributed by atoms with van der Waals surface area (Å²) >= 11 is 0. The monoisotopic (exact) mass is 274 g/mol. The van der Waals surface area contributed by atoms with E-state index in [2.05, 4.69) is 52.0 Å². The summed E-state index contributed by atoms with van der Waals surface area (Å²) in [7, 11) is 0. The molecule has 1 heteroatoms. The SMILES string of the molecule is CC1C=CCC(C(=O)C(C2CCCC2)C(C)(C)C)C=C1. The molecule has 0 saturated heterocycles. The van der Waals surface area contributed by atoms with Crippen molar-refractivity contribution < 1.29 is 4.79 Å². The van der Waals surface area contributed by atoms with Gasteiger partial charge in [-0.05, 0) is 36.5 Å². The highest BCUT2D eigenvalue weighted by molar-refractivity contribution is 5.86. The Kier molecular flexibility index (Phi) is 4.88. The van der Waals surface area contributed by atoms with Crippen LogP contribution in [0, 0.1) is 29.1 Å². The van der Waals surface area contributed by atoms with Crippen molar-refractivity contribution in [2.45, 2.75) is 59.8 Å². The third-order valence-corrected chi connectivity index (χ3v) is 4.95. The van der Waals surface area contributed by atoms with Crippen LogP contribution in [0.25, 0.3) is 0 Å². The lowest BCUT2D eigenvalue weighted by Gasteiger charge is -2.36. The van der Waals surface area contributed by atoms with E-state index in [1.54, 1.807) is 0 Å². The first-order chi connectivity index (χ1) is 9.39. The Morgan fingerprint density at radius 1 is 1.10 bits per heavy atom. The third-order valence-electron chi connectivity index (χ3n) is 4.95. The van der Waals surface area contributed by atoms with E-state index in [4.69, 9.17) is 0 Å². The molecular formula is C19H30O. The number of carbonyl (C=O) groups is 1. The van der Waals surface area contributed by atoms with Crippen molar-refractivity contribution in [3.63, 3.8) is 0 Å². The third kappa shape index (κ3) is 3.62. The maximum atomic E-state index is 13.1. The van der Waals surface area contributed by atoms with E-state index in [1.807, 2.05) is 0 Å². The van der Waals surface area contributed by atoms with Gasteiger partial charge in [0.15, 0.2) is 0 Å². The zero-order chi connectivity index (χ0) is 14.8. The summed E-state index contributed by atoms with van der Waals surface area (Å²) in [6.45, 7) is 8.91. The fourth-order valence-electron chi connectivity index (χ4n) is 3.99. The van der Waals surface area contributed by atoms with Crippen molar-refractivity contribution in [2.24, 2.45) is 29.1 Å². The molecule has 1 nitrogen and oxygen atoms in total. The van der Waals surface area contributed by atoms with Gasteiger partial charge in [-0.3, -0.25) is 4.79 Å². The van der Waals surface area contributed by atoms with Crippen LogP contribution in [0.5, 0.6) is 0 Å². The van der Waals surface area contributed by atoms with Gasteiger partial charge in [0, 0.05) is 11.8 Å². The molecule has 20 heavy (non-hydrogen) atoms. The maximum Gasteiger partial charge on any atom is 0.143 e. The highest BCUT2D eigenvalue weighted by atomic mass is 16.1. The van der Waals surface area contributed by atoms with Gasteiger partial charge in [-0.1, -0.05) is 64.8 Å². The predicted molar refractivity (Wildman–Crippen MR) is 85.5 cm³/mol. The van der Waals surface area contributed by atoms with Crippen LogP contribution >= 0.6 is 0 Å². The first-order valence-electron chi connectivity index (χ1n) is 8.28. The fourth-order valence-corrected chi connectivity index (χ4v) is 3.99. The second-order valence-electron chi connectivity index (χ2n) is 7.80. The molecule has 0 radical (unpaired) electrons. The van der Waals surface area contributed by atoms with Crippen molar-refractivity contribution >= 4 is 5.78 Å². The van der Waals surface area contributed by atoms with Crippen LogP contribution in [0.1, 0.15) is 59.8 Å². The van der Waals surface area contributed by atoms with Gasteiger partial charge in [0.2, 0.25) is 0 Å². The molecule has 0 bridgehead atoms. The minimum absolute atomic E-state index is 0.0849. The van der Waals surface area contributed by atoms with Crippen molar-refractivity contribution in [1.82, 2.24) is 0 Å². The molecule has 1 saturated carbocycles. The summed E-state index contributed by atoms with van der Waals surface area (Å²) in [6.07, 6.45) is 14.8. The Morgan fingerprint density at radius 3 is 2.35 bits per heavy atom. The molecule has 0 aliphatic heterocycles. The zero-order valence-electron chi connectivity index (χ0n) is 13.6. The normalized spacial score (nSPS) is 29.4. The van der Waals surface area contributed by atoms with Gasteiger partial charge in [-0.25, -0.2) is 0 Å². The van der Waals surface area contributed by atoms with E-state index in [0.717, 1.165) is 6.42 Å². The Hall–Kier alpha value is -0.850. The minimum Gasteiger partial charge on any atom is -0.299 e. The van der Waals surface area contributed by atoms with Gasteiger partial charge in [-0.2, -0.15) is 0 Å². The molecule has 0 aromatic heterocycles. The van der Waals surface area contributed by atoms with Crippen molar-refractivity contribution in [2.75, 3.05) is 0 Å². The predicted octanol–water partition coefficient (Wildman–Crippen LogP) is 5.18. The maximum absolute atomic E-state index is 13.1. The molecule has 0 heterocycles. The average molecular weight is 274 g/mol. The van der Waals surface area contributed by atoms with E-state index in [1.165, 1.54) is 25.7 Å². The van der Waals surface area contributed by atoms with Crippen LogP contribution in [-0.2, 0) is 4.79 Å². The molecule has 3 atom stereocenters. The van der Waals surface area contributed by atoms with Gasteiger partial charge in [0.25, 0.3) is 0 Å². The summed E-state index contributed by atoms with van der Waals surface area (Å²) in [5.41, 5.74) is 0.0849. The molecule has 0 spiro atoms. The van der Waals surface area contributed by atoms with Crippen LogP contribution in [0.15, 0.2) is 24.3 Å². The number of hydrogen-bond acceptors (Lipinski definition) is 1. The van der Waals surface area contributed by atoms with Crippen molar-refractivity contribution in [3.8, 4) is 0 Å². The van der Waals surface area contributed by atoms with E-state index in [0.29, 0.717) is 17.6 Å². The van der Waals surface area contributed by atoms with Gasteiger partial charge >= 0.3 is 0 Å². The highest BCUT2D eigenvalue weighted by Gasteiger charge is 2.40. The Bertz CT molecular complexity index is 390. The summed E-state index contributed by atoms with van der Waals surface area (Å²) in [4.78, 5) is 13.1. The van der Waals surface area contributed by atoms with Gasteiger partial charge in [0.1, 0.15) is 5.78 Å². The molecular weight excluding hydrogens is 244 g/mol. The molecule has 1 fully saturated rings. The Morgan fingerprint density at radius 2 is 1.75 bits per heavy atom. The molecule has 2 aliphatic carbocycles. The lowest BCUT2D eigenvalue weighted by molar-refractivity contribution is -0.131. The van der Waals surface area contributed by atoms with Crippen LogP contribution < -0.4 is 0 Å². The van der Waals surface area contributed by atoms with Crippen molar-refractivity contribution in [3.05, 3.63) is 24.3 Å². The fraction of sp³-hybridized carbons (Fsp3) is 0.737. The van der Waals surface area contributed by atoms with E-state index in [-0.39, 0.29) is 17.3 Å². The molecule has 2 aliphatic rings. The van der Waals surface area contributed by atoms with E-state index < -0.39 is 0 Å². The smallest absolute Gasteiger partial charge is 0.143 e. The summed E-state index contributed by atoms with van der Waals surface area (Å²) < 4.78 is 0. The number of rotatable bonds is 3. The standard InChI is InChI=1S/C19H30O/c1-14-8-7-11-16(13-12-14)18(20)17(19(2,3)4)15-9-5-6-10-15/h7-8,12-17H,5-6,9-11H2,1-4H3. The second kappa shape index (κ2) is 6.28. The Balaban J connectivity index is 2.18. The quantitative estimate of drug-likeness (QED) is 0.648. The molecule has 112 valence electrons. The van der Waals surface area contributed by atoms with E-state index in [9.17, 15) is 4.79 Å². The molecule has 3 unspecified atom stereocenters. The number of hydrogen-bond donors (Lipinski definition) is 0. The highest BCUT2D eigenvalue weighted by Crippen LogP contribution is 2.43. The minimum atomic E-state index is 0.0849. The summed E-state index contributed by atoms with van der Waals surface area (Å²) in [5.74, 6) is 1.88. The topological polar surface area (TPSA) is 17.1 Å². The zero-order valence-corrected chi connectivity index (χ0v) is 13.6. The van der Waals surface area contributed by atoms with Gasteiger partial charge in [-0.15, -0.1) is 0 Å². The van der Waals surface area contributed by atoms with Crippen LogP contribution in [0.3, 0.4) is 0 Å². The molecule has 0 aromatic carbocycles. The molecule has 2 rings (SSSR count). The Labute approximate surface area is 124 Å². The lowest BCUT2D eigenvalue weighted by Crippen LogP contribution is -2.37. The van der Waals surface area contributed by atoms with Gasteiger partial charge in [0.05, 0.1) is 0 Å². The second-order valence-corrected chi connectivity index (χ2v) is 7.80. The number of allylic oxidation sites excluding steroid dienone is 4. The summed E-state index contributed by atoms with van der Waals surface area (Å²) in [6, 6.07) is 0. The van der Waals surface area contributed by atoms with Crippen molar-refractivity contribution in [1.29, 1.82) is 0 Å². The molecule has 0 N–H and O–H groups in total. The van der Waals surface area contributed by atoms with Crippen LogP contribution in [-0.4, -0.2) is 5.78 Å². The van der Waals surface area contributed by atoms with E-state index >= 15 is 0 Å². The van der Waals surface area contributed by atoms with Gasteiger partial charge < -0.3 is 0 Å².